The molecule has 0 N–H and O–H groups in total. The summed E-state index contributed by atoms with van der Waals surface area (Å²) in [6.07, 6.45) is 1.75. The standard InChI is InChI=1S/C5H12O2Si/c1-6-5(7-2)3-4-8/h3-5H,1-2,8H3. The fourth-order valence-corrected chi connectivity index (χ4v) is 0.725. The third kappa shape index (κ3) is 2.96. The number of hydrogen-bond donors (Lipinski definition) is 0. The molecule has 0 amide bonds. The van der Waals surface area contributed by atoms with Crippen LogP contribution in [0.25, 0.3) is 0 Å². The lowest BCUT2D eigenvalue weighted by Crippen LogP contribution is -2.08. The molecule has 0 bridgehead atoms. The molecule has 0 aliphatic carbocycles. The van der Waals surface area contributed by atoms with Gasteiger partial charge < -0.3 is 9.47 Å². The van der Waals surface area contributed by atoms with Crippen LogP contribution < -0.4 is 0 Å². The van der Waals surface area contributed by atoms with Gasteiger partial charge in [0.15, 0.2) is 6.29 Å². The summed E-state index contributed by atoms with van der Waals surface area (Å²) in [5.74, 6) is 0. The van der Waals surface area contributed by atoms with E-state index in [9.17, 15) is 0 Å². The summed E-state index contributed by atoms with van der Waals surface area (Å²) in [7, 11) is 4.30. The lowest BCUT2D eigenvalue weighted by Gasteiger charge is -2.05. The molecule has 0 unspecified atom stereocenters. The maximum atomic E-state index is 4.85. The topological polar surface area (TPSA) is 18.5 Å². The van der Waals surface area contributed by atoms with Crippen molar-refractivity contribution in [1.29, 1.82) is 0 Å². The van der Waals surface area contributed by atoms with Crippen molar-refractivity contribution in [2.24, 2.45) is 0 Å². The minimum atomic E-state index is -0.146. The third-order valence-corrected chi connectivity index (χ3v) is 1.20. The van der Waals surface area contributed by atoms with Crippen LogP contribution in [0, 0.1) is 0 Å². The molecule has 0 aliphatic heterocycles. The number of hydrogen-bond acceptors (Lipinski definition) is 2. The molecule has 0 aliphatic rings. The molecular weight excluding hydrogens is 120 g/mol. The molecule has 3 heteroatoms. The second kappa shape index (κ2) is 5.02. The smallest absolute Gasteiger partial charge is 0.175 e. The Morgan fingerprint density at radius 1 is 1.38 bits per heavy atom. The van der Waals surface area contributed by atoms with Crippen molar-refractivity contribution in [3.05, 3.63) is 11.8 Å². The Bertz CT molecular complexity index is 68.8. The molecule has 0 fully saturated rings. The summed E-state index contributed by atoms with van der Waals surface area (Å²) in [4.78, 5) is 0. The third-order valence-electron chi connectivity index (χ3n) is 0.814. The van der Waals surface area contributed by atoms with Gasteiger partial charge in [0, 0.05) is 24.5 Å². The Hall–Kier alpha value is -0.123. The first-order valence-electron chi connectivity index (χ1n) is 2.53. The monoisotopic (exact) mass is 132 g/mol. The summed E-state index contributed by atoms with van der Waals surface area (Å²) >= 11 is 0. The van der Waals surface area contributed by atoms with E-state index in [0.717, 1.165) is 10.2 Å². The van der Waals surface area contributed by atoms with Crippen LogP contribution in [0.4, 0.5) is 0 Å². The Morgan fingerprint density at radius 2 is 1.88 bits per heavy atom. The summed E-state index contributed by atoms with van der Waals surface area (Å²) < 4.78 is 9.71. The molecule has 0 aromatic carbocycles. The van der Waals surface area contributed by atoms with E-state index < -0.39 is 0 Å². The van der Waals surface area contributed by atoms with Crippen LogP contribution in [0.2, 0.25) is 0 Å². The van der Waals surface area contributed by atoms with E-state index in [1.54, 1.807) is 14.2 Å². The van der Waals surface area contributed by atoms with Crippen molar-refractivity contribution in [3.8, 4) is 0 Å². The van der Waals surface area contributed by atoms with Crippen molar-refractivity contribution >= 4 is 10.2 Å². The Balaban J connectivity index is 3.36. The molecule has 0 saturated heterocycles. The van der Waals surface area contributed by atoms with Gasteiger partial charge >= 0.3 is 0 Å². The fraction of sp³-hybridized carbons (Fsp3) is 0.600. The van der Waals surface area contributed by atoms with Crippen LogP contribution in [-0.4, -0.2) is 30.8 Å². The maximum absolute atomic E-state index is 4.85. The average molecular weight is 132 g/mol. The van der Waals surface area contributed by atoms with E-state index in [0.29, 0.717) is 0 Å². The van der Waals surface area contributed by atoms with E-state index in [1.807, 2.05) is 11.8 Å². The summed E-state index contributed by atoms with van der Waals surface area (Å²) in [5, 5.41) is 0. The zero-order valence-corrected chi connectivity index (χ0v) is 7.55. The molecule has 0 heterocycles. The highest BCUT2D eigenvalue weighted by Crippen LogP contribution is 1.89. The predicted octanol–water partition coefficient (Wildman–Crippen LogP) is -0.516. The number of methoxy groups -OCH3 is 2. The van der Waals surface area contributed by atoms with E-state index in [4.69, 9.17) is 9.47 Å². The molecule has 48 valence electrons. The van der Waals surface area contributed by atoms with Crippen molar-refractivity contribution < 1.29 is 9.47 Å². The summed E-state index contributed by atoms with van der Waals surface area (Å²) in [5.41, 5.74) is 2.03. The van der Waals surface area contributed by atoms with Gasteiger partial charge in [0.1, 0.15) is 0 Å². The Labute approximate surface area is 52.9 Å². The van der Waals surface area contributed by atoms with E-state index in [-0.39, 0.29) is 6.29 Å². The van der Waals surface area contributed by atoms with Gasteiger partial charge in [-0.05, 0) is 6.08 Å². The Morgan fingerprint density at radius 3 is 2.00 bits per heavy atom. The first-order chi connectivity index (χ1) is 3.85. The SMILES string of the molecule is COC(C=C[SiH3])OC. The summed E-state index contributed by atoms with van der Waals surface area (Å²) in [6, 6.07) is 0. The molecule has 0 saturated carbocycles. The predicted molar refractivity (Wildman–Crippen MR) is 36.9 cm³/mol. The van der Waals surface area contributed by atoms with Gasteiger partial charge in [0.25, 0.3) is 0 Å². The van der Waals surface area contributed by atoms with Gasteiger partial charge in [-0.1, -0.05) is 0 Å². The van der Waals surface area contributed by atoms with Gasteiger partial charge in [0.2, 0.25) is 0 Å². The number of ether oxygens (including phenoxy) is 2. The molecule has 2 nitrogen and oxygen atoms in total. The Kier molecular flexibility index (Phi) is 4.95. The van der Waals surface area contributed by atoms with Crippen LogP contribution in [0.3, 0.4) is 0 Å². The second-order valence-corrected chi connectivity index (χ2v) is 2.03. The lowest BCUT2D eigenvalue weighted by atomic mass is 10.6. The minimum absolute atomic E-state index is 0.146. The van der Waals surface area contributed by atoms with Gasteiger partial charge in [-0.15, -0.1) is 5.70 Å². The molecule has 0 spiro atoms. The van der Waals surface area contributed by atoms with Gasteiger partial charge in [-0.3, -0.25) is 0 Å². The van der Waals surface area contributed by atoms with Gasteiger partial charge in [0.05, 0.1) is 0 Å². The van der Waals surface area contributed by atoms with Crippen molar-refractivity contribution in [3.63, 3.8) is 0 Å². The molecule has 0 aromatic rings. The van der Waals surface area contributed by atoms with Crippen LogP contribution in [-0.2, 0) is 9.47 Å². The van der Waals surface area contributed by atoms with Gasteiger partial charge in [-0.2, -0.15) is 0 Å². The zero-order chi connectivity index (χ0) is 6.41. The normalized spacial score (nSPS) is 11.9. The highest BCUT2D eigenvalue weighted by Gasteiger charge is 1.93. The van der Waals surface area contributed by atoms with E-state index in [1.165, 1.54) is 0 Å². The van der Waals surface area contributed by atoms with Gasteiger partial charge in [-0.25, -0.2) is 0 Å². The fourth-order valence-electron chi connectivity index (χ4n) is 0.410. The first kappa shape index (κ1) is 7.88. The maximum Gasteiger partial charge on any atom is 0.175 e. The molecule has 0 aromatic heterocycles. The molecule has 0 rings (SSSR count). The van der Waals surface area contributed by atoms with Crippen molar-refractivity contribution in [2.75, 3.05) is 14.2 Å². The first-order valence-corrected chi connectivity index (χ1v) is 3.69. The van der Waals surface area contributed by atoms with E-state index >= 15 is 0 Å². The van der Waals surface area contributed by atoms with Crippen LogP contribution in [0.5, 0.6) is 0 Å². The zero-order valence-electron chi connectivity index (χ0n) is 5.55. The van der Waals surface area contributed by atoms with Crippen molar-refractivity contribution in [2.45, 2.75) is 6.29 Å². The highest BCUT2D eigenvalue weighted by molar-refractivity contribution is 6.16. The lowest BCUT2D eigenvalue weighted by molar-refractivity contribution is -0.0665. The van der Waals surface area contributed by atoms with Crippen molar-refractivity contribution in [1.82, 2.24) is 0 Å². The van der Waals surface area contributed by atoms with Crippen LogP contribution in [0.1, 0.15) is 0 Å². The molecule has 0 radical (unpaired) electrons. The minimum Gasteiger partial charge on any atom is -0.352 e. The second-order valence-electron chi connectivity index (χ2n) is 1.37. The van der Waals surface area contributed by atoms with E-state index in [2.05, 4.69) is 0 Å². The summed E-state index contributed by atoms with van der Waals surface area (Å²) in [6.45, 7) is 0. The highest BCUT2D eigenvalue weighted by atomic mass is 28.1. The molecular formula is C5H12O2Si. The number of rotatable bonds is 3. The average Bonchev–Trinajstić information content (AvgIpc) is 1.83. The van der Waals surface area contributed by atoms with Crippen LogP contribution in [0.15, 0.2) is 11.8 Å². The quantitative estimate of drug-likeness (QED) is 0.380. The van der Waals surface area contributed by atoms with Crippen LogP contribution >= 0.6 is 0 Å². The molecule has 8 heavy (non-hydrogen) atoms. The molecule has 0 atom stereocenters. The largest absolute Gasteiger partial charge is 0.352 e.